The van der Waals surface area contributed by atoms with Crippen LogP contribution in [-0.2, 0) is 0 Å². The van der Waals surface area contributed by atoms with Crippen molar-refractivity contribution in [2.75, 3.05) is 38.1 Å². The van der Waals surface area contributed by atoms with E-state index in [1.54, 1.807) is 11.3 Å². The second-order valence-electron chi connectivity index (χ2n) is 7.38. The third-order valence-electron chi connectivity index (χ3n) is 5.48. The number of benzene rings is 2. The van der Waals surface area contributed by atoms with Crippen LogP contribution in [0.4, 0.5) is 5.69 Å². The van der Waals surface area contributed by atoms with Crippen molar-refractivity contribution in [2.45, 2.75) is 6.92 Å². The Morgan fingerprint density at radius 1 is 0.929 bits per heavy atom. The lowest BCUT2D eigenvalue weighted by molar-refractivity contribution is 0.313. The molecular formula is C22H23N5S. The lowest BCUT2D eigenvalue weighted by atomic mass is 10.1. The van der Waals surface area contributed by atoms with E-state index in [0.29, 0.717) is 0 Å². The van der Waals surface area contributed by atoms with Crippen LogP contribution in [0.15, 0.2) is 48.5 Å². The second-order valence-corrected chi connectivity index (χ2v) is 8.58. The number of rotatable bonds is 3. The summed E-state index contributed by atoms with van der Waals surface area (Å²) in [5.74, 6) is 0. The number of aromatic amines is 1. The average molecular weight is 390 g/mol. The quantitative estimate of drug-likeness (QED) is 0.564. The first kappa shape index (κ1) is 17.4. The number of nitrogens with zero attached hydrogens (tertiary/aromatic N) is 4. The fraction of sp³-hybridized carbons (Fsp3) is 0.273. The number of fused-ring (bicyclic) bond motifs is 1. The number of piperazine rings is 1. The summed E-state index contributed by atoms with van der Waals surface area (Å²) >= 11 is 1.70. The van der Waals surface area contributed by atoms with Gasteiger partial charge in [-0.25, -0.2) is 4.98 Å². The van der Waals surface area contributed by atoms with Crippen LogP contribution >= 0.6 is 11.3 Å². The van der Waals surface area contributed by atoms with E-state index in [9.17, 15) is 0 Å². The largest absolute Gasteiger partial charge is 0.369 e. The monoisotopic (exact) mass is 389 g/mol. The van der Waals surface area contributed by atoms with Crippen molar-refractivity contribution in [1.29, 1.82) is 0 Å². The van der Waals surface area contributed by atoms with Crippen LogP contribution in [0.1, 0.15) is 4.88 Å². The predicted octanol–water partition coefficient (Wildman–Crippen LogP) is 4.41. The Balaban J connectivity index is 1.44. The summed E-state index contributed by atoms with van der Waals surface area (Å²) in [4.78, 5) is 11.0. The molecule has 6 heteroatoms. The zero-order valence-corrected chi connectivity index (χ0v) is 17.0. The molecule has 0 unspecified atom stereocenters. The number of anilines is 1. The Hall–Kier alpha value is -2.70. The fourth-order valence-corrected chi connectivity index (χ4v) is 4.73. The van der Waals surface area contributed by atoms with Gasteiger partial charge in [0.25, 0.3) is 0 Å². The van der Waals surface area contributed by atoms with Gasteiger partial charge in [0.05, 0.1) is 11.2 Å². The molecule has 2 aromatic heterocycles. The molecule has 0 radical (unpaired) electrons. The van der Waals surface area contributed by atoms with Gasteiger partial charge in [-0.05, 0) is 32.2 Å². The Bertz CT molecular complexity index is 1100. The van der Waals surface area contributed by atoms with Gasteiger partial charge in [0.2, 0.25) is 0 Å². The summed E-state index contributed by atoms with van der Waals surface area (Å²) in [7, 11) is 2.19. The predicted molar refractivity (Wildman–Crippen MR) is 117 cm³/mol. The maximum atomic E-state index is 4.94. The van der Waals surface area contributed by atoms with Gasteiger partial charge in [-0.3, -0.25) is 5.10 Å². The molecule has 5 nitrogen and oxygen atoms in total. The van der Waals surface area contributed by atoms with E-state index in [-0.39, 0.29) is 0 Å². The number of likely N-dealkylation sites (N-methyl/N-ethyl adjacent to an activating group) is 1. The number of H-pyrrole nitrogens is 1. The van der Waals surface area contributed by atoms with Gasteiger partial charge in [-0.2, -0.15) is 5.10 Å². The number of aromatic nitrogens is 3. The highest BCUT2D eigenvalue weighted by atomic mass is 32.1. The minimum absolute atomic E-state index is 0.934. The number of thiazole rings is 1. The number of aryl methyl sites for hydroxylation is 1. The Morgan fingerprint density at radius 3 is 2.46 bits per heavy atom. The number of nitrogens with one attached hydrogen (secondary N) is 1. The highest BCUT2D eigenvalue weighted by molar-refractivity contribution is 7.15. The molecular weight excluding hydrogens is 366 g/mol. The Kier molecular flexibility index (Phi) is 4.37. The molecule has 1 saturated heterocycles. The molecule has 28 heavy (non-hydrogen) atoms. The summed E-state index contributed by atoms with van der Waals surface area (Å²) < 4.78 is 0. The summed E-state index contributed by atoms with van der Waals surface area (Å²) in [5.41, 5.74) is 5.49. The molecule has 1 aliphatic rings. The Morgan fingerprint density at radius 2 is 1.68 bits per heavy atom. The minimum Gasteiger partial charge on any atom is -0.369 e. The lowest BCUT2D eigenvalue weighted by Crippen LogP contribution is -2.44. The maximum absolute atomic E-state index is 4.94. The molecule has 3 heterocycles. The first-order valence-corrected chi connectivity index (χ1v) is 10.5. The smallest absolute Gasteiger partial charge is 0.145 e. The van der Waals surface area contributed by atoms with E-state index in [0.717, 1.165) is 59.0 Å². The molecule has 0 atom stereocenters. The topological polar surface area (TPSA) is 48.1 Å². The SMILES string of the molecule is Cc1sc(-c2n[nH]c3ccccc23)nc1-c1ccc(N2CCN(C)CC2)cc1. The van der Waals surface area contributed by atoms with Crippen molar-refractivity contribution in [3.05, 3.63) is 53.4 Å². The summed E-state index contributed by atoms with van der Waals surface area (Å²) in [6, 6.07) is 17.0. The molecule has 1 aliphatic heterocycles. The van der Waals surface area contributed by atoms with Crippen LogP contribution in [0.25, 0.3) is 32.9 Å². The van der Waals surface area contributed by atoms with Crippen molar-refractivity contribution in [3.63, 3.8) is 0 Å². The van der Waals surface area contributed by atoms with Crippen molar-refractivity contribution in [1.82, 2.24) is 20.1 Å². The van der Waals surface area contributed by atoms with Crippen LogP contribution < -0.4 is 4.90 Å². The van der Waals surface area contributed by atoms with Gasteiger partial charge in [0, 0.05) is 47.7 Å². The van der Waals surface area contributed by atoms with Gasteiger partial charge in [-0.1, -0.05) is 30.3 Å². The highest BCUT2D eigenvalue weighted by Gasteiger charge is 2.17. The molecule has 0 amide bonds. The summed E-state index contributed by atoms with van der Waals surface area (Å²) in [6.07, 6.45) is 0. The zero-order chi connectivity index (χ0) is 19.1. The molecule has 0 aliphatic carbocycles. The minimum atomic E-state index is 0.934. The van der Waals surface area contributed by atoms with Gasteiger partial charge >= 0.3 is 0 Å². The zero-order valence-electron chi connectivity index (χ0n) is 16.1. The second kappa shape index (κ2) is 7.04. The van der Waals surface area contributed by atoms with Gasteiger partial charge < -0.3 is 9.80 Å². The summed E-state index contributed by atoms with van der Waals surface area (Å²) in [5, 5.41) is 9.70. The molecule has 5 rings (SSSR count). The van der Waals surface area contributed by atoms with E-state index < -0.39 is 0 Å². The highest BCUT2D eigenvalue weighted by Crippen LogP contribution is 2.35. The molecule has 1 fully saturated rings. The molecule has 0 bridgehead atoms. The van der Waals surface area contributed by atoms with Crippen LogP contribution in [0.5, 0.6) is 0 Å². The number of hydrogen-bond acceptors (Lipinski definition) is 5. The standard InChI is InChI=1S/C22H23N5S/c1-15-20(16-7-9-17(10-8-16)27-13-11-26(2)12-14-27)23-22(28-15)21-18-5-3-4-6-19(18)24-25-21/h3-10H,11-14H2,1-2H3,(H,24,25). The van der Waals surface area contributed by atoms with Gasteiger partial charge in [-0.15, -0.1) is 11.3 Å². The van der Waals surface area contributed by atoms with Crippen molar-refractivity contribution in [3.8, 4) is 22.0 Å². The molecule has 0 spiro atoms. The maximum Gasteiger partial charge on any atom is 0.145 e. The number of hydrogen-bond donors (Lipinski definition) is 1. The van der Waals surface area contributed by atoms with E-state index in [1.807, 2.05) is 18.2 Å². The molecule has 1 N–H and O–H groups in total. The Labute approximate surface area is 168 Å². The first-order valence-electron chi connectivity index (χ1n) is 9.64. The van der Waals surface area contributed by atoms with Crippen LogP contribution in [-0.4, -0.2) is 53.3 Å². The normalized spacial score (nSPS) is 15.4. The van der Waals surface area contributed by atoms with Crippen molar-refractivity contribution < 1.29 is 0 Å². The fourth-order valence-electron chi connectivity index (χ4n) is 3.79. The molecule has 2 aromatic carbocycles. The van der Waals surface area contributed by atoms with Crippen molar-refractivity contribution >= 4 is 27.9 Å². The van der Waals surface area contributed by atoms with E-state index in [4.69, 9.17) is 4.98 Å². The molecule has 0 saturated carbocycles. The van der Waals surface area contributed by atoms with Crippen LogP contribution in [0.2, 0.25) is 0 Å². The van der Waals surface area contributed by atoms with E-state index in [1.165, 1.54) is 10.6 Å². The van der Waals surface area contributed by atoms with Crippen molar-refractivity contribution in [2.24, 2.45) is 0 Å². The van der Waals surface area contributed by atoms with E-state index in [2.05, 4.69) is 64.3 Å². The van der Waals surface area contributed by atoms with E-state index >= 15 is 0 Å². The lowest BCUT2D eigenvalue weighted by Gasteiger charge is -2.34. The van der Waals surface area contributed by atoms with Crippen LogP contribution in [0, 0.1) is 6.92 Å². The van der Waals surface area contributed by atoms with Gasteiger partial charge in [0.15, 0.2) is 0 Å². The first-order chi connectivity index (χ1) is 13.7. The third kappa shape index (κ3) is 3.08. The molecule has 4 aromatic rings. The average Bonchev–Trinajstić information content (AvgIpc) is 3.32. The molecule has 142 valence electrons. The van der Waals surface area contributed by atoms with Gasteiger partial charge in [0.1, 0.15) is 10.7 Å². The van der Waals surface area contributed by atoms with Crippen LogP contribution in [0.3, 0.4) is 0 Å². The third-order valence-corrected chi connectivity index (χ3v) is 6.46. The number of para-hydroxylation sites is 1. The summed E-state index contributed by atoms with van der Waals surface area (Å²) in [6.45, 7) is 6.55.